The average molecular weight is 509 g/mol. The number of benzene rings is 2. The molecule has 2 N–H and O–H groups in total. The van der Waals surface area contributed by atoms with Crippen molar-refractivity contribution < 1.29 is 13.2 Å². The van der Waals surface area contributed by atoms with Gasteiger partial charge in [-0.05, 0) is 49.6 Å². The van der Waals surface area contributed by atoms with Gasteiger partial charge in [0.2, 0.25) is 10.0 Å². The van der Waals surface area contributed by atoms with E-state index in [2.05, 4.69) is 15.5 Å². The molecule has 3 aromatic rings. The van der Waals surface area contributed by atoms with Crippen LogP contribution in [-0.4, -0.2) is 61.9 Å². The molecule has 168 valence electrons. The lowest BCUT2D eigenvalue weighted by atomic mass is 10.2. The van der Waals surface area contributed by atoms with Gasteiger partial charge in [0.05, 0.1) is 9.92 Å². The molecule has 4 rings (SSSR count). The van der Waals surface area contributed by atoms with Crippen LogP contribution in [0.4, 0.5) is 5.69 Å². The number of amides is 1. The maximum absolute atomic E-state index is 12.8. The third-order valence-electron chi connectivity index (χ3n) is 5.18. The van der Waals surface area contributed by atoms with Crippen LogP contribution in [0.15, 0.2) is 53.4 Å². The molecule has 0 bridgehead atoms. The van der Waals surface area contributed by atoms with Crippen LogP contribution in [-0.2, 0) is 10.0 Å². The summed E-state index contributed by atoms with van der Waals surface area (Å²) in [6.45, 7) is 2.35. The van der Waals surface area contributed by atoms with Crippen LogP contribution in [0, 0.1) is 0 Å². The number of carbonyl (C=O) groups excluding carboxylic acids is 1. The summed E-state index contributed by atoms with van der Waals surface area (Å²) in [5, 5.41) is 6.84. The molecular formula is C21H21ClN4O3S3. The highest BCUT2D eigenvalue weighted by Crippen LogP contribution is 2.35. The van der Waals surface area contributed by atoms with E-state index >= 15 is 0 Å². The Balaban J connectivity index is 1.40. The van der Waals surface area contributed by atoms with Crippen molar-refractivity contribution in [1.29, 1.82) is 0 Å². The summed E-state index contributed by atoms with van der Waals surface area (Å²) >= 11 is 12.9. The number of piperazine rings is 1. The second-order valence-corrected chi connectivity index (χ2v) is 11.2. The molecule has 2 heterocycles. The molecule has 1 aliphatic rings. The van der Waals surface area contributed by atoms with E-state index in [1.54, 1.807) is 12.1 Å². The van der Waals surface area contributed by atoms with Crippen LogP contribution in [0.5, 0.6) is 0 Å². The van der Waals surface area contributed by atoms with Gasteiger partial charge in [0.15, 0.2) is 5.11 Å². The first-order valence-electron chi connectivity index (χ1n) is 9.84. The predicted molar refractivity (Wildman–Crippen MR) is 133 cm³/mol. The Bertz CT molecular complexity index is 1270. The van der Waals surface area contributed by atoms with Crippen molar-refractivity contribution in [3.8, 4) is 0 Å². The lowest BCUT2D eigenvalue weighted by Crippen LogP contribution is -2.46. The van der Waals surface area contributed by atoms with Crippen molar-refractivity contribution in [2.45, 2.75) is 4.90 Å². The highest BCUT2D eigenvalue weighted by Gasteiger charge is 2.27. The Hall–Kier alpha value is -2.08. The Kier molecular flexibility index (Phi) is 6.80. The fraction of sp³-hybridized carbons (Fsp3) is 0.238. The average Bonchev–Trinajstić information content (AvgIpc) is 3.11. The third-order valence-corrected chi connectivity index (χ3v) is 8.97. The monoisotopic (exact) mass is 508 g/mol. The fourth-order valence-corrected chi connectivity index (χ4v) is 6.42. The number of fused-ring (bicyclic) bond motifs is 1. The SMILES string of the molecule is CN1CCN(S(=O)(=O)c2ccc(NC(=S)NC(=O)c3sc4ccccc4c3Cl)cc2)CC1. The van der Waals surface area contributed by atoms with Gasteiger partial charge in [-0.15, -0.1) is 11.3 Å². The minimum atomic E-state index is -3.54. The van der Waals surface area contributed by atoms with E-state index in [0.29, 0.717) is 41.8 Å². The minimum Gasteiger partial charge on any atom is -0.332 e. The van der Waals surface area contributed by atoms with Crippen molar-refractivity contribution in [3.05, 3.63) is 58.4 Å². The Morgan fingerprint density at radius 2 is 1.72 bits per heavy atom. The van der Waals surface area contributed by atoms with Gasteiger partial charge >= 0.3 is 0 Å². The Morgan fingerprint density at radius 1 is 1.06 bits per heavy atom. The molecule has 1 aromatic heterocycles. The van der Waals surface area contributed by atoms with E-state index in [1.165, 1.54) is 27.8 Å². The summed E-state index contributed by atoms with van der Waals surface area (Å²) in [6, 6.07) is 13.8. The summed E-state index contributed by atoms with van der Waals surface area (Å²) in [5.74, 6) is -0.400. The summed E-state index contributed by atoms with van der Waals surface area (Å²) < 4.78 is 28.1. The first kappa shape index (κ1) is 23.1. The van der Waals surface area contributed by atoms with Crippen LogP contribution in [0.25, 0.3) is 10.1 Å². The number of nitrogens with one attached hydrogen (secondary N) is 2. The number of carbonyl (C=O) groups is 1. The molecule has 7 nitrogen and oxygen atoms in total. The van der Waals surface area contributed by atoms with Crippen molar-refractivity contribution in [2.24, 2.45) is 0 Å². The lowest BCUT2D eigenvalue weighted by Gasteiger charge is -2.31. The maximum atomic E-state index is 12.8. The fourth-order valence-electron chi connectivity index (χ4n) is 3.37. The number of nitrogens with zero attached hydrogens (tertiary/aromatic N) is 2. The van der Waals surface area contributed by atoms with Gasteiger partial charge in [0.25, 0.3) is 5.91 Å². The number of halogens is 1. The molecule has 1 saturated heterocycles. The highest BCUT2D eigenvalue weighted by atomic mass is 35.5. The Morgan fingerprint density at radius 3 is 2.38 bits per heavy atom. The number of hydrogen-bond donors (Lipinski definition) is 2. The number of anilines is 1. The summed E-state index contributed by atoms with van der Waals surface area (Å²) in [5.41, 5.74) is 0.565. The lowest BCUT2D eigenvalue weighted by molar-refractivity contribution is 0.0982. The van der Waals surface area contributed by atoms with Crippen LogP contribution in [0.1, 0.15) is 9.67 Å². The largest absolute Gasteiger partial charge is 0.332 e. The zero-order valence-electron chi connectivity index (χ0n) is 17.2. The van der Waals surface area contributed by atoms with E-state index in [0.717, 1.165) is 10.1 Å². The molecule has 1 fully saturated rings. The summed E-state index contributed by atoms with van der Waals surface area (Å²) in [7, 11) is -1.57. The van der Waals surface area contributed by atoms with E-state index in [9.17, 15) is 13.2 Å². The molecule has 1 aliphatic heterocycles. The number of thiophene rings is 1. The van der Waals surface area contributed by atoms with Gasteiger partial charge < -0.3 is 10.2 Å². The molecule has 32 heavy (non-hydrogen) atoms. The number of hydrogen-bond acceptors (Lipinski definition) is 6. The van der Waals surface area contributed by atoms with Crippen LogP contribution < -0.4 is 10.6 Å². The van der Waals surface area contributed by atoms with Crippen LogP contribution in [0.3, 0.4) is 0 Å². The van der Waals surface area contributed by atoms with E-state index in [1.807, 2.05) is 31.3 Å². The topological polar surface area (TPSA) is 81.8 Å². The van der Waals surface area contributed by atoms with E-state index in [4.69, 9.17) is 23.8 Å². The quantitative estimate of drug-likeness (QED) is 0.524. The zero-order valence-corrected chi connectivity index (χ0v) is 20.4. The normalized spacial score (nSPS) is 15.6. The molecular weight excluding hydrogens is 488 g/mol. The molecule has 0 spiro atoms. The van der Waals surface area contributed by atoms with Gasteiger partial charge in [-0.2, -0.15) is 4.31 Å². The molecule has 0 saturated carbocycles. The molecule has 1 amide bonds. The molecule has 0 aliphatic carbocycles. The van der Waals surface area contributed by atoms with Crippen molar-refractivity contribution >= 4 is 72.0 Å². The van der Waals surface area contributed by atoms with Crippen LogP contribution in [0.2, 0.25) is 5.02 Å². The zero-order chi connectivity index (χ0) is 22.9. The van der Waals surface area contributed by atoms with Crippen LogP contribution >= 0.6 is 35.2 Å². The van der Waals surface area contributed by atoms with Gasteiger partial charge in [0.1, 0.15) is 4.88 Å². The summed E-state index contributed by atoms with van der Waals surface area (Å²) in [4.78, 5) is 15.3. The predicted octanol–water partition coefficient (Wildman–Crippen LogP) is 3.62. The molecule has 0 atom stereocenters. The second-order valence-electron chi connectivity index (χ2n) is 7.38. The smallest absolute Gasteiger partial charge is 0.269 e. The summed E-state index contributed by atoms with van der Waals surface area (Å²) in [6.07, 6.45) is 0. The molecule has 0 radical (unpaired) electrons. The molecule has 11 heteroatoms. The minimum absolute atomic E-state index is 0.0956. The number of thiocarbonyl (C=S) groups is 1. The number of sulfonamides is 1. The van der Waals surface area contributed by atoms with Crippen molar-refractivity contribution in [2.75, 3.05) is 38.5 Å². The maximum Gasteiger partial charge on any atom is 0.269 e. The Labute approximate surface area is 201 Å². The first-order valence-corrected chi connectivity index (χ1v) is 12.9. The van der Waals surface area contributed by atoms with Crippen molar-refractivity contribution in [3.63, 3.8) is 0 Å². The third kappa shape index (κ3) is 4.80. The van der Waals surface area contributed by atoms with E-state index in [-0.39, 0.29) is 10.0 Å². The number of likely N-dealkylation sites (N-methyl/N-ethyl adjacent to an activating group) is 1. The molecule has 0 unspecified atom stereocenters. The standard InChI is InChI=1S/C21H21ClN4O3S3/c1-25-10-12-26(13-11-25)32(28,29)15-8-6-14(7-9-15)23-21(30)24-20(27)19-18(22)16-4-2-3-5-17(16)31-19/h2-9H,10-13H2,1H3,(H2,23,24,27,30). The van der Waals surface area contributed by atoms with Gasteiger partial charge in [0, 0.05) is 42.0 Å². The van der Waals surface area contributed by atoms with Gasteiger partial charge in [-0.25, -0.2) is 8.42 Å². The van der Waals surface area contributed by atoms with Crippen molar-refractivity contribution in [1.82, 2.24) is 14.5 Å². The van der Waals surface area contributed by atoms with Gasteiger partial charge in [-0.3, -0.25) is 10.1 Å². The molecule has 2 aromatic carbocycles. The first-order chi connectivity index (χ1) is 15.3. The second kappa shape index (κ2) is 9.42. The van der Waals surface area contributed by atoms with E-state index < -0.39 is 15.9 Å². The number of rotatable bonds is 4. The van der Waals surface area contributed by atoms with Gasteiger partial charge in [-0.1, -0.05) is 29.8 Å². The highest BCUT2D eigenvalue weighted by molar-refractivity contribution is 7.89.